The zero-order chi connectivity index (χ0) is 20.0. The maximum Gasteiger partial charge on any atom is 0.338 e. The van der Waals surface area contributed by atoms with Gasteiger partial charge in [-0.3, -0.25) is 0 Å². The smallest absolute Gasteiger partial charge is 0.338 e. The van der Waals surface area contributed by atoms with Crippen molar-refractivity contribution < 1.29 is 48.2 Å². The summed E-state index contributed by atoms with van der Waals surface area (Å²) in [6.07, 6.45) is -0.241. The minimum absolute atomic E-state index is 0.199. The summed E-state index contributed by atoms with van der Waals surface area (Å²) >= 11 is 0. The minimum atomic E-state index is -1.45. The molecule has 6 fully saturated rings. The molecular weight excluding hydrogens is 388 g/mol. The van der Waals surface area contributed by atoms with Crippen LogP contribution in [-0.4, -0.2) is 82.6 Å². The predicted molar refractivity (Wildman–Crippen MR) is 89.0 cm³/mol. The van der Waals surface area contributed by atoms with Gasteiger partial charge in [-0.1, -0.05) is 0 Å². The van der Waals surface area contributed by atoms with Crippen molar-refractivity contribution in [3.05, 3.63) is 0 Å². The SMILES string of the molecule is O=C1OC2CC1(O)CC1OC(CCCC3OC4CC5(O)CC(OC5=O)C4O3)OC21. The molecule has 10 unspecified atom stereocenters. The van der Waals surface area contributed by atoms with Crippen LogP contribution >= 0.6 is 0 Å². The van der Waals surface area contributed by atoms with Gasteiger partial charge in [0.05, 0.1) is 12.2 Å². The number of carbonyl (C=O) groups is 2. The van der Waals surface area contributed by atoms with Gasteiger partial charge in [0, 0.05) is 25.7 Å². The summed E-state index contributed by atoms with van der Waals surface area (Å²) in [5, 5.41) is 20.7. The first-order chi connectivity index (χ1) is 13.8. The second kappa shape index (κ2) is 6.12. The Kier molecular flexibility index (Phi) is 3.89. The van der Waals surface area contributed by atoms with Crippen molar-refractivity contribution in [2.24, 2.45) is 0 Å². The van der Waals surface area contributed by atoms with Crippen LogP contribution in [-0.2, 0) is 38.0 Å². The number of ether oxygens (including phenoxy) is 6. The molecule has 0 radical (unpaired) electrons. The van der Waals surface area contributed by atoms with Crippen LogP contribution in [0.5, 0.6) is 0 Å². The van der Waals surface area contributed by atoms with Gasteiger partial charge in [0.1, 0.15) is 24.4 Å². The Hall–Kier alpha value is -1.30. The Labute approximate surface area is 166 Å². The lowest BCUT2D eigenvalue weighted by atomic mass is 9.82. The molecule has 0 aromatic carbocycles. The van der Waals surface area contributed by atoms with Crippen molar-refractivity contribution in [3.63, 3.8) is 0 Å². The molecule has 2 aliphatic carbocycles. The predicted octanol–water partition coefficient (Wildman–Crippen LogP) is -0.722. The van der Waals surface area contributed by atoms with Gasteiger partial charge in [-0.25, -0.2) is 9.59 Å². The second-order valence-corrected chi connectivity index (χ2v) is 9.11. The van der Waals surface area contributed by atoms with Crippen LogP contribution in [0.15, 0.2) is 0 Å². The summed E-state index contributed by atoms with van der Waals surface area (Å²) < 4.78 is 34.1. The fourth-order valence-electron chi connectivity index (χ4n) is 5.62. The molecule has 4 saturated heterocycles. The maximum atomic E-state index is 11.7. The van der Waals surface area contributed by atoms with E-state index < -0.39 is 47.9 Å². The van der Waals surface area contributed by atoms with Crippen molar-refractivity contribution in [2.45, 2.75) is 105 Å². The Bertz CT molecular complexity index is 683. The van der Waals surface area contributed by atoms with E-state index in [-0.39, 0.29) is 50.1 Å². The van der Waals surface area contributed by atoms with E-state index in [0.717, 1.165) is 6.42 Å². The first-order valence-corrected chi connectivity index (χ1v) is 10.3. The molecule has 4 heterocycles. The molecule has 0 amide bonds. The van der Waals surface area contributed by atoms with Crippen LogP contribution in [0.2, 0.25) is 0 Å². The van der Waals surface area contributed by atoms with Crippen LogP contribution < -0.4 is 0 Å². The maximum absolute atomic E-state index is 11.7. The van der Waals surface area contributed by atoms with Crippen molar-refractivity contribution in [1.29, 1.82) is 0 Å². The molecule has 2 N–H and O–H groups in total. The highest BCUT2D eigenvalue weighted by Crippen LogP contribution is 2.46. The number of aliphatic hydroxyl groups is 2. The fourth-order valence-corrected chi connectivity index (χ4v) is 5.62. The number of fused-ring (bicyclic) bond motifs is 8. The zero-order valence-electron chi connectivity index (χ0n) is 15.7. The molecule has 0 aromatic heterocycles. The third kappa shape index (κ3) is 2.77. The lowest BCUT2D eigenvalue weighted by Gasteiger charge is -2.29. The van der Waals surface area contributed by atoms with Crippen molar-refractivity contribution in [1.82, 2.24) is 0 Å². The van der Waals surface area contributed by atoms with E-state index >= 15 is 0 Å². The molecule has 6 rings (SSSR count). The minimum Gasteiger partial charge on any atom is -0.457 e. The zero-order valence-corrected chi connectivity index (χ0v) is 15.7. The Morgan fingerprint density at radius 1 is 0.690 bits per heavy atom. The summed E-state index contributed by atoms with van der Waals surface area (Å²) in [6.45, 7) is 0. The summed E-state index contributed by atoms with van der Waals surface area (Å²) in [4.78, 5) is 23.5. The summed E-state index contributed by atoms with van der Waals surface area (Å²) in [7, 11) is 0. The molecule has 0 spiro atoms. The Balaban J connectivity index is 0.995. The second-order valence-electron chi connectivity index (χ2n) is 9.11. The molecule has 10 atom stereocenters. The number of rotatable bonds is 4. The van der Waals surface area contributed by atoms with Crippen LogP contribution in [0.1, 0.15) is 44.9 Å². The average molecular weight is 412 g/mol. The summed E-state index contributed by atoms with van der Waals surface area (Å²) in [6, 6.07) is 0. The van der Waals surface area contributed by atoms with E-state index in [2.05, 4.69) is 0 Å². The molecule has 6 aliphatic rings. The average Bonchev–Trinajstić information content (AvgIpc) is 3.35. The molecule has 4 aliphatic heterocycles. The third-order valence-electron chi connectivity index (χ3n) is 7.05. The number of hydrogen-bond donors (Lipinski definition) is 2. The molecule has 29 heavy (non-hydrogen) atoms. The molecule has 4 bridgehead atoms. The normalized spacial score (nSPS) is 54.8. The van der Waals surface area contributed by atoms with Crippen LogP contribution in [0.4, 0.5) is 0 Å². The van der Waals surface area contributed by atoms with Crippen molar-refractivity contribution in [2.75, 3.05) is 0 Å². The molecule has 10 nitrogen and oxygen atoms in total. The standard InChI is InChI=1S/C19H24O10/c20-16-18(22)4-8-14(10(6-18)26-16)28-12(24-8)2-1-3-13-25-9-5-19(23)7-11(15(9)29-13)27-17(19)21/h8-15,22-23H,1-7H2. The summed E-state index contributed by atoms with van der Waals surface area (Å²) in [5.74, 6) is -1.16. The van der Waals surface area contributed by atoms with Gasteiger partial charge in [-0.2, -0.15) is 0 Å². The monoisotopic (exact) mass is 412 g/mol. The van der Waals surface area contributed by atoms with E-state index in [1.807, 2.05) is 0 Å². The number of esters is 2. The Morgan fingerprint density at radius 3 is 1.55 bits per heavy atom. The molecule has 160 valence electrons. The molecule has 0 aromatic rings. The number of hydrogen-bond acceptors (Lipinski definition) is 10. The lowest BCUT2D eigenvalue weighted by Crippen LogP contribution is -2.47. The van der Waals surface area contributed by atoms with Gasteiger partial charge in [-0.05, 0) is 19.3 Å². The topological polar surface area (TPSA) is 130 Å². The molecule has 10 heteroatoms. The van der Waals surface area contributed by atoms with Crippen LogP contribution in [0.3, 0.4) is 0 Å². The van der Waals surface area contributed by atoms with Gasteiger partial charge in [-0.15, -0.1) is 0 Å². The van der Waals surface area contributed by atoms with Gasteiger partial charge in [0.2, 0.25) is 0 Å². The lowest BCUT2D eigenvalue weighted by molar-refractivity contribution is -0.159. The van der Waals surface area contributed by atoms with Gasteiger partial charge in [0.25, 0.3) is 0 Å². The Morgan fingerprint density at radius 2 is 1.10 bits per heavy atom. The largest absolute Gasteiger partial charge is 0.457 e. The first-order valence-electron chi connectivity index (χ1n) is 10.3. The van der Waals surface area contributed by atoms with E-state index in [0.29, 0.717) is 12.8 Å². The quantitative estimate of drug-likeness (QED) is 0.571. The fraction of sp³-hybridized carbons (Fsp3) is 0.895. The van der Waals surface area contributed by atoms with Gasteiger partial charge < -0.3 is 38.6 Å². The number of carbonyl (C=O) groups excluding carboxylic acids is 2. The van der Waals surface area contributed by atoms with E-state index in [1.165, 1.54) is 0 Å². The van der Waals surface area contributed by atoms with Crippen LogP contribution in [0.25, 0.3) is 0 Å². The van der Waals surface area contributed by atoms with E-state index in [4.69, 9.17) is 28.4 Å². The first kappa shape index (κ1) is 18.5. The highest BCUT2D eigenvalue weighted by atomic mass is 16.8. The van der Waals surface area contributed by atoms with Crippen molar-refractivity contribution >= 4 is 11.9 Å². The van der Waals surface area contributed by atoms with E-state index in [1.54, 1.807) is 0 Å². The van der Waals surface area contributed by atoms with Gasteiger partial charge >= 0.3 is 11.9 Å². The van der Waals surface area contributed by atoms with Gasteiger partial charge in [0.15, 0.2) is 23.8 Å². The van der Waals surface area contributed by atoms with Crippen molar-refractivity contribution in [3.8, 4) is 0 Å². The third-order valence-corrected chi connectivity index (χ3v) is 7.05. The molecule has 2 saturated carbocycles. The van der Waals surface area contributed by atoms with E-state index in [9.17, 15) is 19.8 Å². The van der Waals surface area contributed by atoms with Crippen LogP contribution in [0, 0.1) is 0 Å². The highest BCUT2D eigenvalue weighted by molar-refractivity contribution is 5.82. The molecular formula is C19H24O10. The summed E-state index contributed by atoms with van der Waals surface area (Å²) in [5.41, 5.74) is -2.89. The highest BCUT2D eigenvalue weighted by Gasteiger charge is 2.62.